The number of aromatic nitrogens is 1. The van der Waals surface area contributed by atoms with E-state index in [1.807, 2.05) is 42.5 Å². The van der Waals surface area contributed by atoms with Crippen LogP contribution >= 0.6 is 12.2 Å². The predicted octanol–water partition coefficient (Wildman–Crippen LogP) is 5.50. The molecular formula is C24H18N2O2S. The lowest BCUT2D eigenvalue weighted by Gasteiger charge is -2.11. The molecular weight excluding hydrogens is 380 g/mol. The van der Waals surface area contributed by atoms with Gasteiger partial charge in [0.15, 0.2) is 5.76 Å². The Bertz CT molecular complexity index is 1300. The first-order chi connectivity index (χ1) is 14.2. The van der Waals surface area contributed by atoms with Crippen molar-refractivity contribution in [2.75, 3.05) is 4.90 Å². The molecule has 0 N–H and O–H groups in total. The summed E-state index contributed by atoms with van der Waals surface area (Å²) in [6.07, 6.45) is 1.76. The number of para-hydroxylation sites is 2. The molecule has 2 heterocycles. The highest BCUT2D eigenvalue weighted by atomic mass is 32.1. The lowest BCUT2D eigenvalue weighted by molar-refractivity contribution is -0.114. The Morgan fingerprint density at radius 2 is 1.66 bits per heavy atom. The summed E-state index contributed by atoms with van der Waals surface area (Å²) in [6.45, 7) is 3.04. The summed E-state index contributed by atoms with van der Waals surface area (Å²) in [5, 5.41) is 2.51. The van der Waals surface area contributed by atoms with E-state index in [0.29, 0.717) is 5.69 Å². The Morgan fingerprint density at radius 1 is 0.931 bits per heavy atom. The van der Waals surface area contributed by atoms with Crippen molar-refractivity contribution in [1.82, 2.24) is 4.57 Å². The number of amides is 1. The summed E-state index contributed by atoms with van der Waals surface area (Å²) in [5.41, 5.74) is 3.99. The van der Waals surface area contributed by atoms with Gasteiger partial charge in [0, 0.05) is 28.4 Å². The zero-order valence-electron chi connectivity index (χ0n) is 15.8. The van der Waals surface area contributed by atoms with E-state index in [4.69, 9.17) is 17.0 Å². The maximum absolute atomic E-state index is 12.9. The van der Waals surface area contributed by atoms with Gasteiger partial charge in [0.2, 0.25) is 0 Å². The van der Waals surface area contributed by atoms with Gasteiger partial charge < -0.3 is 9.30 Å². The first-order valence-corrected chi connectivity index (χ1v) is 9.92. The van der Waals surface area contributed by atoms with Crippen LogP contribution in [0.25, 0.3) is 27.9 Å². The number of anilines is 1. The molecule has 4 nitrogen and oxygen atoms in total. The summed E-state index contributed by atoms with van der Waals surface area (Å²) in [5.74, 6) is -0.0188. The van der Waals surface area contributed by atoms with Crippen molar-refractivity contribution in [3.05, 3.63) is 84.1 Å². The van der Waals surface area contributed by atoms with Gasteiger partial charge in [0.25, 0.3) is 5.17 Å². The number of fused-ring (bicyclic) bond motifs is 3. The Balaban J connectivity index is 1.58. The van der Waals surface area contributed by atoms with Crippen molar-refractivity contribution in [2.45, 2.75) is 13.5 Å². The monoisotopic (exact) mass is 398 g/mol. The number of benzene rings is 3. The first-order valence-electron chi connectivity index (χ1n) is 9.51. The van der Waals surface area contributed by atoms with Crippen LogP contribution < -0.4 is 4.90 Å². The second-order valence-corrected chi connectivity index (χ2v) is 7.24. The standard InChI is InChI=1S/C24H18N2O2S/c1-2-25-20-11-7-6-10-18(20)19-14-16(12-13-21(19)25)15-22-23(27)26(24(29)28-22)17-8-4-3-5-9-17/h3-15H,2H2,1H3. The zero-order chi connectivity index (χ0) is 20.0. The molecule has 1 amide bonds. The zero-order valence-corrected chi connectivity index (χ0v) is 16.6. The lowest BCUT2D eigenvalue weighted by Crippen LogP contribution is -2.27. The van der Waals surface area contributed by atoms with Crippen LogP contribution in [-0.4, -0.2) is 15.6 Å². The maximum Gasteiger partial charge on any atom is 0.301 e. The van der Waals surface area contributed by atoms with E-state index in [9.17, 15) is 4.79 Å². The predicted molar refractivity (Wildman–Crippen MR) is 121 cm³/mol. The van der Waals surface area contributed by atoms with Crippen LogP contribution in [0.3, 0.4) is 0 Å². The molecule has 0 saturated carbocycles. The van der Waals surface area contributed by atoms with E-state index >= 15 is 0 Å². The summed E-state index contributed by atoms with van der Waals surface area (Å²) >= 11 is 5.29. The van der Waals surface area contributed by atoms with Crippen LogP contribution in [0.15, 0.2) is 78.6 Å². The average Bonchev–Trinajstić information content (AvgIpc) is 3.21. The highest BCUT2D eigenvalue weighted by Crippen LogP contribution is 2.31. The topological polar surface area (TPSA) is 34.5 Å². The third-order valence-electron chi connectivity index (χ3n) is 5.22. The molecule has 0 atom stereocenters. The second-order valence-electron chi connectivity index (χ2n) is 6.89. The maximum atomic E-state index is 12.9. The number of aryl methyl sites for hydroxylation is 1. The van der Waals surface area contributed by atoms with Gasteiger partial charge in [0.05, 0.1) is 5.69 Å². The second kappa shape index (κ2) is 6.87. The summed E-state index contributed by atoms with van der Waals surface area (Å²) < 4.78 is 7.93. The van der Waals surface area contributed by atoms with Gasteiger partial charge in [-0.1, -0.05) is 42.5 Å². The largest absolute Gasteiger partial charge is 0.425 e. The molecule has 29 heavy (non-hydrogen) atoms. The molecule has 0 unspecified atom stereocenters. The Kier molecular flexibility index (Phi) is 4.18. The van der Waals surface area contributed by atoms with Crippen molar-refractivity contribution in [3.63, 3.8) is 0 Å². The van der Waals surface area contributed by atoms with Gasteiger partial charge in [-0.3, -0.25) is 4.79 Å². The Morgan fingerprint density at radius 3 is 2.45 bits per heavy atom. The summed E-state index contributed by atoms with van der Waals surface area (Å²) in [4.78, 5) is 14.3. The highest BCUT2D eigenvalue weighted by molar-refractivity contribution is 7.80. The molecule has 3 aromatic carbocycles. The van der Waals surface area contributed by atoms with Crippen LogP contribution in [0, 0.1) is 0 Å². The smallest absolute Gasteiger partial charge is 0.301 e. The molecule has 1 aliphatic heterocycles. The minimum atomic E-state index is -0.253. The molecule has 0 bridgehead atoms. The van der Waals surface area contributed by atoms with Gasteiger partial charge in [-0.15, -0.1) is 0 Å². The van der Waals surface area contributed by atoms with Gasteiger partial charge in [-0.2, -0.15) is 0 Å². The van der Waals surface area contributed by atoms with Crippen molar-refractivity contribution in [3.8, 4) is 0 Å². The molecule has 4 aromatic rings. The highest BCUT2D eigenvalue weighted by Gasteiger charge is 2.34. The molecule has 1 fully saturated rings. The SMILES string of the molecule is CCn1c2ccccc2c2cc(C=C3OC(=S)N(c4ccccc4)C3=O)ccc21. The van der Waals surface area contributed by atoms with E-state index in [-0.39, 0.29) is 16.8 Å². The third-order valence-corrected chi connectivity index (χ3v) is 5.48. The lowest BCUT2D eigenvalue weighted by atomic mass is 10.1. The van der Waals surface area contributed by atoms with Crippen molar-refractivity contribution < 1.29 is 9.53 Å². The number of hydrogen-bond acceptors (Lipinski definition) is 3. The number of hydrogen-bond donors (Lipinski definition) is 0. The minimum absolute atomic E-state index is 0.149. The first kappa shape index (κ1) is 17.6. The van der Waals surface area contributed by atoms with Crippen molar-refractivity contribution >= 4 is 56.9 Å². The number of carbonyl (C=O) groups is 1. The van der Waals surface area contributed by atoms with Crippen molar-refractivity contribution in [2.24, 2.45) is 0 Å². The molecule has 1 saturated heterocycles. The summed E-state index contributed by atoms with van der Waals surface area (Å²) in [7, 11) is 0. The number of nitrogens with zero attached hydrogens (tertiary/aromatic N) is 2. The molecule has 0 aliphatic carbocycles. The molecule has 1 aliphatic rings. The molecule has 0 radical (unpaired) electrons. The Hall–Kier alpha value is -3.44. The van der Waals surface area contributed by atoms with Crippen LogP contribution in [0.4, 0.5) is 5.69 Å². The quantitative estimate of drug-likeness (QED) is 0.337. The van der Waals surface area contributed by atoms with E-state index in [2.05, 4.69) is 41.8 Å². The third kappa shape index (κ3) is 2.82. The number of rotatable bonds is 3. The molecule has 5 heteroatoms. The van der Waals surface area contributed by atoms with Gasteiger partial charge in [-0.25, -0.2) is 4.90 Å². The van der Waals surface area contributed by atoms with Crippen LogP contribution in [-0.2, 0) is 16.1 Å². The van der Waals surface area contributed by atoms with E-state index in [1.54, 1.807) is 6.08 Å². The van der Waals surface area contributed by atoms with Crippen LogP contribution in [0.1, 0.15) is 12.5 Å². The molecule has 0 spiro atoms. The number of thiocarbonyl (C=S) groups is 1. The van der Waals surface area contributed by atoms with E-state index in [1.165, 1.54) is 21.3 Å². The van der Waals surface area contributed by atoms with Gasteiger partial charge >= 0.3 is 5.91 Å². The Labute approximate surface area is 173 Å². The number of ether oxygens (including phenoxy) is 1. The van der Waals surface area contributed by atoms with E-state index in [0.717, 1.165) is 17.5 Å². The van der Waals surface area contributed by atoms with Crippen molar-refractivity contribution in [1.29, 1.82) is 0 Å². The van der Waals surface area contributed by atoms with Crippen LogP contribution in [0.5, 0.6) is 0 Å². The average molecular weight is 398 g/mol. The molecule has 1 aromatic heterocycles. The minimum Gasteiger partial charge on any atom is -0.425 e. The fraction of sp³-hybridized carbons (Fsp3) is 0.0833. The normalized spacial score (nSPS) is 15.6. The fourth-order valence-corrected chi connectivity index (χ4v) is 4.20. The van der Waals surface area contributed by atoms with Gasteiger partial charge in [0.1, 0.15) is 0 Å². The van der Waals surface area contributed by atoms with E-state index < -0.39 is 0 Å². The number of carbonyl (C=O) groups excluding carboxylic acids is 1. The van der Waals surface area contributed by atoms with Gasteiger partial charge in [-0.05, 0) is 61.1 Å². The molecule has 5 rings (SSSR count). The fourth-order valence-electron chi connectivity index (χ4n) is 3.92. The summed E-state index contributed by atoms with van der Waals surface area (Å²) in [6, 6.07) is 23.9. The van der Waals surface area contributed by atoms with Crippen LogP contribution in [0.2, 0.25) is 0 Å². The molecule has 142 valence electrons.